The highest BCUT2D eigenvalue weighted by Gasteiger charge is 2.22. The zero-order chi connectivity index (χ0) is 15.6. The minimum absolute atomic E-state index is 0.0279. The van der Waals surface area contributed by atoms with Crippen LogP contribution >= 0.6 is 11.6 Å². The number of hydrogen-bond donors (Lipinski definition) is 2. The molecule has 21 heavy (non-hydrogen) atoms. The highest BCUT2D eigenvalue weighted by atomic mass is 35.5. The summed E-state index contributed by atoms with van der Waals surface area (Å²) in [5.74, 6) is -0.366. The van der Waals surface area contributed by atoms with Gasteiger partial charge in [-0.25, -0.2) is 17.5 Å². The third-order valence-electron chi connectivity index (χ3n) is 2.71. The molecule has 0 saturated carbocycles. The summed E-state index contributed by atoms with van der Waals surface area (Å²) in [6.45, 7) is 1.40. The SMILES string of the molecule is Cc1cc(CNS(=O)(=O)c2cc(Cl)cc(CN)c2F)no1. The van der Waals surface area contributed by atoms with Crippen molar-refractivity contribution in [2.45, 2.75) is 24.9 Å². The summed E-state index contributed by atoms with van der Waals surface area (Å²) in [6, 6.07) is 3.89. The molecule has 0 fully saturated rings. The third-order valence-corrected chi connectivity index (χ3v) is 4.33. The van der Waals surface area contributed by atoms with Gasteiger partial charge >= 0.3 is 0 Å². The molecule has 0 spiro atoms. The molecule has 0 aliphatic heterocycles. The molecule has 6 nitrogen and oxygen atoms in total. The molecule has 2 aromatic rings. The van der Waals surface area contributed by atoms with Gasteiger partial charge in [0, 0.05) is 23.2 Å². The first-order valence-corrected chi connectivity index (χ1v) is 7.79. The Kier molecular flexibility index (Phi) is 4.62. The van der Waals surface area contributed by atoms with Crippen molar-refractivity contribution in [3.8, 4) is 0 Å². The van der Waals surface area contributed by atoms with E-state index in [9.17, 15) is 12.8 Å². The van der Waals surface area contributed by atoms with E-state index >= 15 is 0 Å². The lowest BCUT2D eigenvalue weighted by Crippen LogP contribution is -2.25. The number of nitrogens with two attached hydrogens (primary N) is 1. The molecule has 0 radical (unpaired) electrons. The number of rotatable bonds is 5. The molecule has 2 rings (SSSR count). The van der Waals surface area contributed by atoms with Gasteiger partial charge in [-0.2, -0.15) is 0 Å². The molecule has 1 aromatic heterocycles. The van der Waals surface area contributed by atoms with Crippen molar-refractivity contribution < 1.29 is 17.3 Å². The number of hydrogen-bond acceptors (Lipinski definition) is 5. The van der Waals surface area contributed by atoms with Gasteiger partial charge in [-0.3, -0.25) is 0 Å². The minimum atomic E-state index is -4.08. The topological polar surface area (TPSA) is 98.2 Å². The number of nitrogens with zero attached hydrogens (tertiary/aromatic N) is 1. The second-order valence-electron chi connectivity index (χ2n) is 4.33. The van der Waals surface area contributed by atoms with Gasteiger partial charge in [0.25, 0.3) is 0 Å². The van der Waals surface area contributed by atoms with Gasteiger partial charge in [-0.15, -0.1) is 0 Å². The summed E-state index contributed by atoms with van der Waals surface area (Å²) in [5.41, 5.74) is 5.78. The van der Waals surface area contributed by atoms with E-state index in [2.05, 4.69) is 9.88 Å². The Morgan fingerprint density at radius 2 is 2.14 bits per heavy atom. The highest BCUT2D eigenvalue weighted by molar-refractivity contribution is 7.89. The van der Waals surface area contributed by atoms with Crippen LogP contribution in [0.3, 0.4) is 0 Å². The molecule has 0 unspecified atom stereocenters. The summed E-state index contributed by atoms with van der Waals surface area (Å²) in [7, 11) is -4.08. The van der Waals surface area contributed by atoms with E-state index < -0.39 is 20.7 Å². The van der Waals surface area contributed by atoms with Crippen LogP contribution in [0.4, 0.5) is 4.39 Å². The van der Waals surface area contributed by atoms with Gasteiger partial charge in [0.2, 0.25) is 10.0 Å². The van der Waals surface area contributed by atoms with Crippen LogP contribution in [-0.4, -0.2) is 13.6 Å². The Labute approximate surface area is 126 Å². The fourth-order valence-electron chi connectivity index (χ4n) is 1.71. The lowest BCUT2D eigenvalue weighted by molar-refractivity contribution is 0.390. The maximum Gasteiger partial charge on any atom is 0.243 e. The van der Waals surface area contributed by atoms with E-state index in [-0.39, 0.29) is 23.7 Å². The normalized spacial score (nSPS) is 11.8. The van der Waals surface area contributed by atoms with Crippen molar-refractivity contribution in [1.82, 2.24) is 9.88 Å². The zero-order valence-electron chi connectivity index (χ0n) is 11.1. The summed E-state index contributed by atoms with van der Waals surface area (Å²) in [6.07, 6.45) is 0. The van der Waals surface area contributed by atoms with Crippen LogP contribution in [0, 0.1) is 12.7 Å². The predicted molar refractivity (Wildman–Crippen MR) is 74.6 cm³/mol. The first kappa shape index (κ1) is 15.9. The molecule has 1 heterocycles. The molecule has 1 aromatic carbocycles. The largest absolute Gasteiger partial charge is 0.361 e. The molecule has 0 saturated heterocycles. The Morgan fingerprint density at radius 1 is 1.43 bits per heavy atom. The number of aryl methyl sites for hydroxylation is 1. The number of sulfonamides is 1. The average Bonchev–Trinajstić information content (AvgIpc) is 2.84. The van der Waals surface area contributed by atoms with Crippen LogP contribution in [0.15, 0.2) is 27.6 Å². The average molecular weight is 334 g/mol. The number of benzene rings is 1. The van der Waals surface area contributed by atoms with Crippen molar-refractivity contribution in [2.75, 3.05) is 0 Å². The standard InChI is InChI=1S/C12H13ClFN3O3S/c1-7-2-10(17-20-7)6-16-21(18,19)11-4-9(13)3-8(5-15)12(11)14/h2-4,16H,5-6,15H2,1H3. The molecule has 114 valence electrons. The fraction of sp³-hybridized carbons (Fsp3) is 0.250. The number of nitrogens with one attached hydrogen (secondary N) is 1. The first-order chi connectivity index (χ1) is 9.83. The van der Waals surface area contributed by atoms with Crippen LogP contribution < -0.4 is 10.5 Å². The number of aromatic nitrogens is 1. The molecule has 0 amide bonds. The second kappa shape index (κ2) is 6.10. The van der Waals surface area contributed by atoms with Gasteiger partial charge < -0.3 is 10.3 Å². The van der Waals surface area contributed by atoms with Crippen LogP contribution in [0.25, 0.3) is 0 Å². The van der Waals surface area contributed by atoms with Crippen molar-refractivity contribution in [2.24, 2.45) is 5.73 Å². The highest BCUT2D eigenvalue weighted by Crippen LogP contribution is 2.23. The summed E-state index contributed by atoms with van der Waals surface area (Å²) in [5, 5.41) is 3.74. The third kappa shape index (κ3) is 3.59. The Bertz CT molecular complexity index is 761. The van der Waals surface area contributed by atoms with Gasteiger partial charge in [-0.1, -0.05) is 16.8 Å². The second-order valence-corrected chi connectivity index (χ2v) is 6.51. The minimum Gasteiger partial charge on any atom is -0.361 e. The molecule has 0 bridgehead atoms. The van der Waals surface area contributed by atoms with Gasteiger partial charge in [0.05, 0.1) is 12.2 Å². The first-order valence-electron chi connectivity index (χ1n) is 5.93. The monoisotopic (exact) mass is 333 g/mol. The van der Waals surface area contributed by atoms with Crippen LogP contribution in [0.2, 0.25) is 5.02 Å². The molecular weight excluding hydrogens is 321 g/mol. The van der Waals surface area contributed by atoms with E-state index in [0.29, 0.717) is 11.5 Å². The molecular formula is C12H13ClFN3O3S. The van der Waals surface area contributed by atoms with E-state index in [0.717, 1.165) is 6.07 Å². The van der Waals surface area contributed by atoms with E-state index in [4.69, 9.17) is 21.9 Å². The quantitative estimate of drug-likeness (QED) is 0.868. The van der Waals surface area contributed by atoms with E-state index in [1.54, 1.807) is 13.0 Å². The molecule has 0 aliphatic carbocycles. The smallest absolute Gasteiger partial charge is 0.243 e. The van der Waals surface area contributed by atoms with Crippen molar-refractivity contribution in [3.05, 3.63) is 46.1 Å². The molecule has 0 atom stereocenters. The summed E-state index contributed by atoms with van der Waals surface area (Å²) in [4.78, 5) is -0.546. The summed E-state index contributed by atoms with van der Waals surface area (Å²) < 4.78 is 45.4. The maximum atomic E-state index is 14.1. The Morgan fingerprint density at radius 3 is 2.71 bits per heavy atom. The van der Waals surface area contributed by atoms with Crippen LogP contribution in [-0.2, 0) is 23.1 Å². The Balaban J connectivity index is 2.29. The molecule has 9 heteroatoms. The number of halogens is 2. The van der Waals surface area contributed by atoms with E-state index in [1.807, 2.05) is 0 Å². The summed E-state index contributed by atoms with van der Waals surface area (Å²) >= 11 is 5.79. The van der Waals surface area contributed by atoms with Crippen molar-refractivity contribution in [3.63, 3.8) is 0 Å². The van der Waals surface area contributed by atoms with Crippen molar-refractivity contribution in [1.29, 1.82) is 0 Å². The molecule has 3 N–H and O–H groups in total. The molecule has 0 aliphatic rings. The van der Waals surface area contributed by atoms with Crippen LogP contribution in [0.1, 0.15) is 17.0 Å². The lowest BCUT2D eigenvalue weighted by atomic mass is 10.2. The predicted octanol–water partition coefficient (Wildman–Crippen LogP) is 1.71. The van der Waals surface area contributed by atoms with Gasteiger partial charge in [0.1, 0.15) is 16.5 Å². The zero-order valence-corrected chi connectivity index (χ0v) is 12.6. The van der Waals surface area contributed by atoms with Crippen molar-refractivity contribution >= 4 is 21.6 Å². The Hall–Kier alpha value is -1.48. The lowest BCUT2D eigenvalue weighted by Gasteiger charge is -2.09. The fourth-order valence-corrected chi connectivity index (χ4v) is 3.16. The van der Waals surface area contributed by atoms with Gasteiger partial charge in [0.15, 0.2) is 0 Å². The van der Waals surface area contributed by atoms with Gasteiger partial charge in [-0.05, 0) is 19.1 Å². The van der Waals surface area contributed by atoms with E-state index in [1.165, 1.54) is 6.07 Å². The van der Waals surface area contributed by atoms with Crippen LogP contribution in [0.5, 0.6) is 0 Å². The maximum absolute atomic E-state index is 14.1.